The van der Waals surface area contributed by atoms with Crippen LogP contribution in [0, 0.1) is 6.92 Å². The second kappa shape index (κ2) is 9.70. The predicted octanol–water partition coefficient (Wildman–Crippen LogP) is 5.53. The lowest BCUT2D eigenvalue weighted by Gasteiger charge is -2.14. The van der Waals surface area contributed by atoms with Crippen molar-refractivity contribution in [2.24, 2.45) is 0 Å². The number of hydrogen-bond acceptors (Lipinski definition) is 6. The molecule has 4 rings (SSSR count). The van der Waals surface area contributed by atoms with Gasteiger partial charge in [-0.3, -0.25) is 9.36 Å². The van der Waals surface area contributed by atoms with Crippen LogP contribution in [0.3, 0.4) is 0 Å². The van der Waals surface area contributed by atoms with Crippen molar-refractivity contribution in [2.45, 2.75) is 37.6 Å². The van der Waals surface area contributed by atoms with Gasteiger partial charge in [-0.2, -0.15) is 0 Å². The molecular formula is C20H20Cl2N4O2S2. The largest absolute Gasteiger partial charge is 0.376 e. The first-order valence-electron chi connectivity index (χ1n) is 9.49. The zero-order valence-corrected chi connectivity index (χ0v) is 19.4. The van der Waals surface area contributed by atoms with Crippen LogP contribution in [-0.4, -0.2) is 39.1 Å². The summed E-state index contributed by atoms with van der Waals surface area (Å²) in [5.41, 5.74) is 1.28. The highest BCUT2D eigenvalue weighted by Gasteiger charge is 2.23. The average molecular weight is 483 g/mol. The van der Waals surface area contributed by atoms with Crippen LogP contribution in [0.15, 0.2) is 34.8 Å². The molecule has 1 aliphatic heterocycles. The molecule has 0 bridgehead atoms. The van der Waals surface area contributed by atoms with Crippen molar-refractivity contribution in [3.05, 3.63) is 45.3 Å². The van der Waals surface area contributed by atoms with Crippen molar-refractivity contribution in [2.75, 3.05) is 17.7 Å². The molecule has 1 aliphatic rings. The van der Waals surface area contributed by atoms with E-state index < -0.39 is 0 Å². The predicted molar refractivity (Wildman–Crippen MR) is 123 cm³/mol. The first-order chi connectivity index (χ1) is 14.5. The number of amides is 1. The zero-order chi connectivity index (χ0) is 21.1. The monoisotopic (exact) mass is 482 g/mol. The van der Waals surface area contributed by atoms with Crippen LogP contribution in [0.25, 0.3) is 10.7 Å². The van der Waals surface area contributed by atoms with E-state index in [-0.39, 0.29) is 17.8 Å². The summed E-state index contributed by atoms with van der Waals surface area (Å²) in [6, 6.07) is 7.54. The number of rotatable bonds is 7. The fourth-order valence-corrected chi connectivity index (χ4v) is 5.15. The second-order valence-corrected chi connectivity index (χ2v) is 9.59. The summed E-state index contributed by atoms with van der Waals surface area (Å²) in [4.78, 5) is 13.6. The Balaban J connectivity index is 1.49. The van der Waals surface area contributed by atoms with E-state index in [9.17, 15) is 4.79 Å². The Bertz CT molecular complexity index is 1030. The minimum atomic E-state index is -0.210. The zero-order valence-electron chi connectivity index (χ0n) is 16.2. The molecule has 1 fully saturated rings. The summed E-state index contributed by atoms with van der Waals surface area (Å²) in [6.07, 6.45) is 2.21. The third-order valence-corrected chi connectivity index (χ3v) is 7.38. The maximum Gasteiger partial charge on any atom is 0.234 e. The number of thioether (sulfide) groups is 1. The summed E-state index contributed by atoms with van der Waals surface area (Å²) in [6.45, 7) is 3.31. The number of thiophene rings is 1. The van der Waals surface area contributed by atoms with Gasteiger partial charge in [0.2, 0.25) is 5.91 Å². The number of aryl methyl sites for hydroxylation is 1. The highest BCUT2D eigenvalue weighted by atomic mass is 35.5. The Kier molecular flexibility index (Phi) is 7.00. The number of carbonyl (C=O) groups excluding carboxylic acids is 1. The van der Waals surface area contributed by atoms with Gasteiger partial charge < -0.3 is 10.1 Å². The van der Waals surface area contributed by atoms with E-state index in [2.05, 4.69) is 15.5 Å². The SMILES string of the molecule is Cc1ccc(Cl)c(NC(=O)CSc2nnc(-c3cccs3)n2CC2CCCO2)c1Cl. The van der Waals surface area contributed by atoms with Gasteiger partial charge >= 0.3 is 0 Å². The van der Waals surface area contributed by atoms with Gasteiger partial charge in [-0.25, -0.2) is 0 Å². The van der Waals surface area contributed by atoms with E-state index >= 15 is 0 Å². The van der Waals surface area contributed by atoms with E-state index in [1.165, 1.54) is 11.8 Å². The van der Waals surface area contributed by atoms with Gasteiger partial charge in [0.15, 0.2) is 11.0 Å². The van der Waals surface area contributed by atoms with Gasteiger partial charge in [-0.15, -0.1) is 21.5 Å². The molecule has 3 aromatic rings. The van der Waals surface area contributed by atoms with Gasteiger partial charge in [-0.05, 0) is 42.8 Å². The lowest BCUT2D eigenvalue weighted by Crippen LogP contribution is -2.18. The van der Waals surface area contributed by atoms with Gasteiger partial charge in [0.25, 0.3) is 0 Å². The molecule has 30 heavy (non-hydrogen) atoms. The van der Waals surface area contributed by atoms with Crippen molar-refractivity contribution in [1.29, 1.82) is 0 Å². The van der Waals surface area contributed by atoms with E-state index in [0.717, 1.165) is 35.7 Å². The minimum Gasteiger partial charge on any atom is -0.376 e. The number of ether oxygens (including phenoxy) is 1. The molecule has 0 radical (unpaired) electrons. The van der Waals surface area contributed by atoms with Gasteiger partial charge in [0.05, 0.1) is 39.0 Å². The number of hydrogen-bond donors (Lipinski definition) is 1. The molecule has 0 saturated carbocycles. The summed E-state index contributed by atoms with van der Waals surface area (Å²) < 4.78 is 7.85. The van der Waals surface area contributed by atoms with Crippen molar-refractivity contribution >= 4 is 57.9 Å². The number of nitrogens with one attached hydrogen (secondary N) is 1. The maximum absolute atomic E-state index is 12.6. The summed E-state index contributed by atoms with van der Waals surface area (Å²) in [5, 5.41) is 15.1. The molecule has 2 aromatic heterocycles. The maximum atomic E-state index is 12.6. The molecule has 1 aromatic carbocycles. The Morgan fingerprint density at radius 2 is 2.23 bits per heavy atom. The first-order valence-corrected chi connectivity index (χ1v) is 12.1. The topological polar surface area (TPSA) is 69.0 Å². The van der Waals surface area contributed by atoms with Crippen molar-refractivity contribution in [3.63, 3.8) is 0 Å². The fraction of sp³-hybridized carbons (Fsp3) is 0.350. The average Bonchev–Trinajstić information content (AvgIpc) is 3.49. The molecule has 1 atom stereocenters. The molecule has 6 nitrogen and oxygen atoms in total. The Morgan fingerprint density at radius 1 is 1.37 bits per heavy atom. The Hall–Kier alpha value is -1.58. The molecule has 3 heterocycles. The third-order valence-electron chi connectivity index (χ3n) is 4.75. The molecule has 10 heteroatoms. The molecule has 1 N–H and O–H groups in total. The van der Waals surface area contributed by atoms with Gasteiger partial charge in [0, 0.05) is 6.61 Å². The minimum absolute atomic E-state index is 0.137. The first kappa shape index (κ1) is 21.6. The van der Waals surface area contributed by atoms with E-state index in [1.54, 1.807) is 17.4 Å². The molecule has 1 unspecified atom stereocenters. The van der Waals surface area contributed by atoms with Crippen molar-refractivity contribution < 1.29 is 9.53 Å². The summed E-state index contributed by atoms with van der Waals surface area (Å²) in [7, 11) is 0. The quantitative estimate of drug-likeness (QED) is 0.448. The van der Waals surface area contributed by atoms with E-state index in [4.69, 9.17) is 27.9 Å². The number of halogens is 2. The molecule has 1 amide bonds. The molecular weight excluding hydrogens is 463 g/mol. The van der Waals surface area contributed by atoms with Crippen molar-refractivity contribution in [3.8, 4) is 10.7 Å². The smallest absolute Gasteiger partial charge is 0.234 e. The Labute approximate surface area is 192 Å². The Morgan fingerprint density at radius 3 is 2.97 bits per heavy atom. The standard InChI is InChI=1S/C20H20Cl2N4O2S2/c1-12-6-7-14(21)18(17(12)22)23-16(27)11-30-20-25-24-19(15-5-3-9-29-15)26(20)10-13-4-2-8-28-13/h3,5-7,9,13H,2,4,8,10-11H2,1H3,(H,23,27). The van der Waals surface area contributed by atoms with Crippen molar-refractivity contribution in [1.82, 2.24) is 14.8 Å². The number of nitrogens with zero attached hydrogens (tertiary/aromatic N) is 3. The van der Waals surface area contributed by atoms with Crippen LogP contribution in [0.2, 0.25) is 10.0 Å². The van der Waals surface area contributed by atoms with Gasteiger partial charge in [-0.1, -0.05) is 47.1 Å². The van der Waals surface area contributed by atoms with Crippen LogP contribution >= 0.6 is 46.3 Å². The highest BCUT2D eigenvalue weighted by Crippen LogP contribution is 2.33. The number of anilines is 1. The van der Waals surface area contributed by atoms with E-state index in [1.807, 2.05) is 35.1 Å². The number of aromatic nitrogens is 3. The number of benzene rings is 1. The van der Waals surface area contributed by atoms with Crippen LogP contribution < -0.4 is 5.32 Å². The van der Waals surface area contributed by atoms with Crippen LogP contribution in [0.5, 0.6) is 0 Å². The summed E-state index contributed by atoms with van der Waals surface area (Å²) in [5.74, 6) is 0.751. The lowest BCUT2D eigenvalue weighted by molar-refractivity contribution is -0.113. The van der Waals surface area contributed by atoms with Gasteiger partial charge in [0.1, 0.15) is 0 Å². The second-order valence-electron chi connectivity index (χ2n) is 6.92. The van der Waals surface area contributed by atoms with Crippen LogP contribution in [-0.2, 0) is 16.1 Å². The van der Waals surface area contributed by atoms with E-state index in [0.29, 0.717) is 27.4 Å². The third kappa shape index (κ3) is 4.84. The fourth-order valence-electron chi connectivity index (χ4n) is 3.22. The molecule has 0 aliphatic carbocycles. The lowest BCUT2D eigenvalue weighted by atomic mass is 10.2. The molecule has 0 spiro atoms. The van der Waals surface area contributed by atoms with Crippen LogP contribution in [0.1, 0.15) is 18.4 Å². The summed E-state index contributed by atoms with van der Waals surface area (Å²) >= 11 is 15.4. The number of carbonyl (C=O) groups is 1. The van der Waals surface area contributed by atoms with Crippen LogP contribution in [0.4, 0.5) is 5.69 Å². The normalized spacial score (nSPS) is 16.2. The molecule has 158 valence electrons. The molecule has 1 saturated heterocycles. The highest BCUT2D eigenvalue weighted by molar-refractivity contribution is 7.99.